The van der Waals surface area contributed by atoms with Crippen molar-refractivity contribution in [2.24, 2.45) is 5.92 Å². The molecule has 0 fully saturated rings. The van der Waals surface area contributed by atoms with Gasteiger partial charge in [-0.3, -0.25) is 0 Å². The molecule has 8 nitrogen and oxygen atoms in total. The summed E-state index contributed by atoms with van der Waals surface area (Å²) in [6, 6.07) is 0. The molecule has 0 unspecified atom stereocenters. The van der Waals surface area contributed by atoms with Gasteiger partial charge in [-0.25, -0.2) is 0 Å². The Bertz CT molecular complexity index is 963. The number of hydrogen-bond acceptors (Lipinski definition) is 7. The predicted molar refractivity (Wildman–Crippen MR) is 71.7 cm³/mol. The van der Waals surface area contributed by atoms with E-state index in [0.717, 1.165) is 34.6 Å². The van der Waals surface area contributed by atoms with Crippen LogP contribution in [0.3, 0.4) is 0 Å². The van der Waals surface area contributed by atoms with Gasteiger partial charge in [-0.15, -0.1) is 16.4 Å². The minimum absolute atomic E-state index is 0.559. The Hall–Kier alpha value is -2.16. The van der Waals surface area contributed by atoms with E-state index in [9.17, 15) is 0 Å². The lowest BCUT2D eigenvalue weighted by atomic mass is 9.89. The number of aryl methyl sites for hydroxylation is 1. The van der Waals surface area contributed by atoms with Gasteiger partial charge in [0.2, 0.25) is 0 Å². The van der Waals surface area contributed by atoms with Crippen molar-refractivity contribution in [2.75, 3.05) is 0 Å². The van der Waals surface area contributed by atoms with E-state index in [1.807, 2.05) is 0 Å². The molecule has 1 atom stereocenters. The van der Waals surface area contributed by atoms with Crippen molar-refractivity contribution in [1.82, 2.24) is 40.1 Å². The first-order chi connectivity index (χ1) is 9.83. The average molecular weight is 286 g/mol. The summed E-state index contributed by atoms with van der Waals surface area (Å²) in [5.41, 5.74) is 2.13. The molecule has 0 spiro atoms. The van der Waals surface area contributed by atoms with E-state index >= 15 is 0 Å². The van der Waals surface area contributed by atoms with Crippen LogP contribution in [0.2, 0.25) is 0 Å². The monoisotopic (exact) mass is 286 g/mol. The first kappa shape index (κ1) is 10.6. The lowest BCUT2D eigenvalue weighted by molar-refractivity contribution is 0.509. The third kappa shape index (κ3) is 1.16. The van der Waals surface area contributed by atoms with Gasteiger partial charge in [0.15, 0.2) is 5.65 Å². The van der Waals surface area contributed by atoms with Crippen molar-refractivity contribution in [3.8, 4) is 0 Å². The molecular weight excluding hydrogens is 276 g/mol. The maximum absolute atomic E-state index is 4.18. The molecule has 0 radical (unpaired) electrons. The van der Waals surface area contributed by atoms with Crippen LogP contribution in [0.25, 0.3) is 21.6 Å². The Morgan fingerprint density at radius 2 is 2.00 bits per heavy atom. The number of nitrogens with zero attached hydrogens (tertiary/aromatic N) is 8. The number of hydrogen-bond donors (Lipinski definition) is 0. The summed E-state index contributed by atoms with van der Waals surface area (Å²) in [6.45, 7) is 2.30. The molecule has 0 saturated heterocycles. The molecular formula is C11H10N8S. The molecule has 0 N–H and O–H groups in total. The largest absolute Gasteiger partial charge is 0.279 e. The summed E-state index contributed by atoms with van der Waals surface area (Å²) in [4.78, 5) is 2.47. The maximum atomic E-state index is 4.18. The Morgan fingerprint density at radius 1 is 1.15 bits per heavy atom. The van der Waals surface area contributed by atoms with E-state index in [-0.39, 0.29) is 0 Å². The van der Waals surface area contributed by atoms with Crippen LogP contribution in [0, 0.1) is 5.92 Å². The molecule has 4 heterocycles. The summed E-state index contributed by atoms with van der Waals surface area (Å²) < 4.78 is 3.36. The summed E-state index contributed by atoms with van der Waals surface area (Å²) in [5, 5.41) is 24.9. The van der Waals surface area contributed by atoms with Gasteiger partial charge in [0.25, 0.3) is 5.78 Å². The molecule has 20 heavy (non-hydrogen) atoms. The zero-order valence-corrected chi connectivity index (χ0v) is 11.5. The Morgan fingerprint density at radius 3 is 2.95 bits per heavy atom. The Labute approximate surface area is 116 Å². The molecule has 9 heteroatoms. The summed E-state index contributed by atoms with van der Waals surface area (Å²) in [7, 11) is 0. The first-order valence-electron chi connectivity index (χ1n) is 6.55. The van der Waals surface area contributed by atoms with Crippen LogP contribution in [0.15, 0.2) is 0 Å². The second kappa shape index (κ2) is 3.48. The smallest absolute Gasteiger partial charge is 0.166 e. The third-order valence-electron chi connectivity index (χ3n) is 4.02. The highest BCUT2D eigenvalue weighted by molar-refractivity contribution is 7.19. The second-order valence-corrected chi connectivity index (χ2v) is 6.42. The van der Waals surface area contributed by atoms with E-state index in [0.29, 0.717) is 5.78 Å². The van der Waals surface area contributed by atoms with Crippen LogP contribution in [-0.4, -0.2) is 40.1 Å². The van der Waals surface area contributed by atoms with Crippen molar-refractivity contribution in [3.05, 3.63) is 10.4 Å². The standard InChI is InChI=1S/C11H10N8S/c1-5-2-3-6-7(4-5)20-10-8(6)9-12-14-16-18(9)11-13-15-17-19(10)11/h5H,2-4H2,1H3/t5-/m1/s1. The number of fused-ring (bicyclic) bond motifs is 8. The summed E-state index contributed by atoms with van der Waals surface area (Å²) >= 11 is 1.77. The van der Waals surface area contributed by atoms with Crippen molar-refractivity contribution in [3.63, 3.8) is 0 Å². The van der Waals surface area contributed by atoms with Gasteiger partial charge in [-0.05, 0) is 51.6 Å². The minimum atomic E-state index is 0.559. The van der Waals surface area contributed by atoms with Gasteiger partial charge in [0, 0.05) is 4.88 Å². The lowest BCUT2D eigenvalue weighted by Crippen LogP contribution is -2.08. The highest BCUT2D eigenvalue weighted by Gasteiger charge is 2.25. The van der Waals surface area contributed by atoms with Gasteiger partial charge in [0.1, 0.15) is 4.83 Å². The first-order valence-corrected chi connectivity index (χ1v) is 7.37. The molecule has 4 aromatic rings. The summed E-state index contributed by atoms with van der Waals surface area (Å²) in [5.74, 6) is 1.29. The van der Waals surface area contributed by atoms with Crippen molar-refractivity contribution >= 4 is 33.0 Å². The van der Waals surface area contributed by atoms with Crippen LogP contribution >= 0.6 is 11.3 Å². The third-order valence-corrected chi connectivity index (χ3v) is 5.25. The number of tetrazole rings is 2. The van der Waals surface area contributed by atoms with Crippen LogP contribution in [-0.2, 0) is 12.8 Å². The van der Waals surface area contributed by atoms with Gasteiger partial charge in [-0.1, -0.05) is 12.0 Å². The Kier molecular flexibility index (Phi) is 1.85. The van der Waals surface area contributed by atoms with Crippen LogP contribution in [0.1, 0.15) is 23.8 Å². The highest BCUT2D eigenvalue weighted by atomic mass is 32.1. The highest BCUT2D eigenvalue weighted by Crippen LogP contribution is 2.39. The zero-order chi connectivity index (χ0) is 13.3. The van der Waals surface area contributed by atoms with Gasteiger partial charge < -0.3 is 0 Å². The van der Waals surface area contributed by atoms with Gasteiger partial charge in [0.05, 0.1) is 5.39 Å². The number of rotatable bonds is 0. The van der Waals surface area contributed by atoms with Gasteiger partial charge in [-0.2, -0.15) is 9.03 Å². The fourth-order valence-corrected chi connectivity index (χ4v) is 4.49. The zero-order valence-electron chi connectivity index (χ0n) is 10.7. The maximum Gasteiger partial charge on any atom is 0.279 e. The topological polar surface area (TPSA) is 86.2 Å². The number of aromatic nitrogens is 8. The molecule has 0 amide bonds. The summed E-state index contributed by atoms with van der Waals surface area (Å²) in [6.07, 6.45) is 3.40. The van der Waals surface area contributed by atoms with Crippen LogP contribution in [0.4, 0.5) is 0 Å². The average Bonchev–Trinajstić information content (AvgIpc) is 3.14. The van der Waals surface area contributed by atoms with Crippen LogP contribution in [0.5, 0.6) is 0 Å². The fraction of sp³-hybridized carbons (Fsp3) is 0.455. The number of thiophene rings is 1. The van der Waals surface area contributed by atoms with Crippen molar-refractivity contribution in [1.29, 1.82) is 0 Å². The molecule has 0 saturated carbocycles. The Balaban J connectivity index is 2.05. The fourth-order valence-electron chi connectivity index (χ4n) is 3.04. The molecule has 0 aliphatic heterocycles. The van der Waals surface area contributed by atoms with E-state index in [4.69, 9.17) is 0 Å². The lowest BCUT2D eigenvalue weighted by Gasteiger charge is -2.17. The SMILES string of the molecule is C[C@@H]1CCc2c(sc3c2c2nnnn2c2nnnn32)C1. The van der Waals surface area contributed by atoms with Gasteiger partial charge >= 0.3 is 0 Å². The molecule has 100 valence electrons. The van der Waals surface area contributed by atoms with E-state index in [2.05, 4.69) is 38.0 Å². The normalized spacial score (nSPS) is 19.1. The molecule has 4 aromatic heterocycles. The minimum Gasteiger partial charge on any atom is -0.166 e. The van der Waals surface area contributed by atoms with E-state index in [1.165, 1.54) is 16.9 Å². The molecule has 1 aliphatic carbocycles. The quantitative estimate of drug-likeness (QED) is 0.477. The molecule has 0 bridgehead atoms. The molecule has 0 aromatic carbocycles. The second-order valence-electron chi connectivity index (χ2n) is 5.34. The molecule has 1 aliphatic rings. The van der Waals surface area contributed by atoms with Crippen LogP contribution < -0.4 is 0 Å². The van der Waals surface area contributed by atoms with Crippen molar-refractivity contribution < 1.29 is 0 Å². The van der Waals surface area contributed by atoms with E-state index in [1.54, 1.807) is 20.4 Å². The molecule has 5 rings (SSSR count). The predicted octanol–water partition coefficient (Wildman–Crippen LogP) is 0.901. The van der Waals surface area contributed by atoms with Crippen molar-refractivity contribution in [2.45, 2.75) is 26.2 Å². The van der Waals surface area contributed by atoms with E-state index < -0.39 is 0 Å².